The third-order valence-corrected chi connectivity index (χ3v) is 8.08. The van der Waals surface area contributed by atoms with Gasteiger partial charge >= 0.3 is 6.18 Å². The van der Waals surface area contributed by atoms with Gasteiger partial charge in [-0.1, -0.05) is 24.3 Å². The van der Waals surface area contributed by atoms with Crippen LogP contribution in [0.2, 0.25) is 0 Å². The SMILES string of the molecule is O=S(=O)(c1ccccc1C(F)(F)F)N1CCC(c2nc3ccccc3s2)CC1. The van der Waals surface area contributed by atoms with E-state index in [1.54, 1.807) is 11.3 Å². The number of sulfonamides is 1. The van der Waals surface area contributed by atoms with Crippen molar-refractivity contribution in [2.75, 3.05) is 13.1 Å². The molecule has 0 saturated carbocycles. The maximum absolute atomic E-state index is 13.2. The molecule has 148 valence electrons. The Morgan fingerprint density at radius 1 is 1.00 bits per heavy atom. The van der Waals surface area contributed by atoms with Gasteiger partial charge in [-0.3, -0.25) is 0 Å². The van der Waals surface area contributed by atoms with Crippen molar-refractivity contribution in [2.45, 2.75) is 29.8 Å². The van der Waals surface area contributed by atoms with E-state index in [9.17, 15) is 21.6 Å². The smallest absolute Gasteiger partial charge is 0.241 e. The summed E-state index contributed by atoms with van der Waals surface area (Å²) < 4.78 is 67.7. The number of hydrogen-bond acceptors (Lipinski definition) is 4. The van der Waals surface area contributed by atoms with Gasteiger partial charge in [0, 0.05) is 19.0 Å². The van der Waals surface area contributed by atoms with Gasteiger partial charge in [-0.05, 0) is 37.1 Å². The van der Waals surface area contributed by atoms with Crippen LogP contribution in [0.4, 0.5) is 13.2 Å². The van der Waals surface area contributed by atoms with E-state index in [0.717, 1.165) is 31.7 Å². The fourth-order valence-corrected chi connectivity index (χ4v) is 6.29. The molecule has 0 radical (unpaired) electrons. The van der Waals surface area contributed by atoms with E-state index in [1.165, 1.54) is 12.1 Å². The highest BCUT2D eigenvalue weighted by molar-refractivity contribution is 7.89. The van der Waals surface area contributed by atoms with Crippen LogP contribution >= 0.6 is 11.3 Å². The van der Waals surface area contributed by atoms with E-state index >= 15 is 0 Å². The van der Waals surface area contributed by atoms with Gasteiger partial charge in [0.1, 0.15) is 0 Å². The minimum atomic E-state index is -4.72. The van der Waals surface area contributed by atoms with Crippen molar-refractivity contribution >= 4 is 31.6 Å². The topological polar surface area (TPSA) is 50.3 Å². The van der Waals surface area contributed by atoms with Gasteiger partial charge in [0.25, 0.3) is 0 Å². The Morgan fingerprint density at radius 3 is 2.32 bits per heavy atom. The Bertz CT molecular complexity index is 1070. The first-order valence-electron chi connectivity index (χ1n) is 8.78. The van der Waals surface area contributed by atoms with Gasteiger partial charge in [0.2, 0.25) is 10.0 Å². The molecule has 4 rings (SSSR count). The van der Waals surface area contributed by atoms with Gasteiger partial charge in [0.05, 0.1) is 25.7 Å². The van der Waals surface area contributed by atoms with Crippen LogP contribution in [0.1, 0.15) is 29.3 Å². The zero-order chi connectivity index (χ0) is 19.9. The molecule has 1 aliphatic heterocycles. The van der Waals surface area contributed by atoms with Gasteiger partial charge < -0.3 is 0 Å². The average Bonchev–Trinajstić information content (AvgIpc) is 3.12. The highest BCUT2D eigenvalue weighted by atomic mass is 32.2. The molecule has 9 heteroatoms. The summed E-state index contributed by atoms with van der Waals surface area (Å²) in [7, 11) is -4.21. The van der Waals surface area contributed by atoms with Crippen LogP contribution in [-0.4, -0.2) is 30.8 Å². The summed E-state index contributed by atoms with van der Waals surface area (Å²) in [5.74, 6) is 0.113. The van der Waals surface area contributed by atoms with Crippen LogP contribution in [0.25, 0.3) is 10.2 Å². The first kappa shape index (κ1) is 19.4. The monoisotopic (exact) mass is 426 g/mol. The van der Waals surface area contributed by atoms with Crippen LogP contribution in [-0.2, 0) is 16.2 Å². The van der Waals surface area contributed by atoms with E-state index < -0.39 is 26.7 Å². The average molecular weight is 426 g/mol. The molecule has 0 atom stereocenters. The molecule has 0 spiro atoms. The number of hydrogen-bond donors (Lipinski definition) is 0. The molecule has 1 fully saturated rings. The third kappa shape index (κ3) is 3.54. The van der Waals surface area contributed by atoms with Crippen LogP contribution in [0.5, 0.6) is 0 Å². The lowest BCUT2D eigenvalue weighted by Gasteiger charge is -2.31. The molecule has 1 aromatic heterocycles. The van der Waals surface area contributed by atoms with Gasteiger partial charge in [-0.25, -0.2) is 13.4 Å². The molecule has 0 aliphatic carbocycles. The molecule has 0 unspecified atom stereocenters. The molecule has 4 nitrogen and oxygen atoms in total. The first-order chi connectivity index (χ1) is 13.3. The summed E-state index contributed by atoms with van der Waals surface area (Å²) in [4.78, 5) is 3.95. The highest BCUT2D eigenvalue weighted by Crippen LogP contribution is 2.38. The quantitative estimate of drug-likeness (QED) is 0.600. The number of alkyl halides is 3. The lowest BCUT2D eigenvalue weighted by atomic mass is 9.99. The number of fused-ring (bicyclic) bond motifs is 1. The van der Waals surface area contributed by atoms with Crippen LogP contribution in [0.3, 0.4) is 0 Å². The standard InChI is InChI=1S/C19H17F3N2O2S2/c20-19(21,22)14-5-1-4-8-17(14)28(25,26)24-11-9-13(10-12-24)18-23-15-6-2-3-7-16(15)27-18/h1-8,13H,9-12H2. The van der Waals surface area contributed by atoms with Crippen molar-refractivity contribution in [2.24, 2.45) is 0 Å². The normalized spacial score (nSPS) is 17.2. The van der Waals surface area contributed by atoms with Crippen molar-refractivity contribution in [3.05, 3.63) is 59.1 Å². The molecule has 2 heterocycles. The predicted molar refractivity (Wildman–Crippen MR) is 102 cm³/mol. The predicted octanol–water partition coefficient (Wildman–Crippen LogP) is 4.88. The number of rotatable bonds is 3. The van der Waals surface area contributed by atoms with Crippen molar-refractivity contribution in [1.82, 2.24) is 9.29 Å². The second kappa shape index (κ2) is 7.13. The van der Waals surface area contributed by atoms with Crippen molar-refractivity contribution < 1.29 is 21.6 Å². The van der Waals surface area contributed by atoms with Crippen LogP contribution in [0, 0.1) is 0 Å². The maximum Gasteiger partial charge on any atom is 0.417 e. The first-order valence-corrected chi connectivity index (χ1v) is 11.0. The second-order valence-corrected chi connectivity index (χ2v) is 9.66. The van der Waals surface area contributed by atoms with E-state index in [-0.39, 0.29) is 19.0 Å². The maximum atomic E-state index is 13.2. The van der Waals surface area contributed by atoms with Crippen molar-refractivity contribution in [1.29, 1.82) is 0 Å². The van der Waals surface area contributed by atoms with E-state index in [1.807, 2.05) is 24.3 Å². The fraction of sp³-hybridized carbons (Fsp3) is 0.316. The number of halogens is 3. The molecule has 0 bridgehead atoms. The number of para-hydroxylation sites is 1. The second-order valence-electron chi connectivity index (χ2n) is 6.69. The Kier molecular flexibility index (Phi) is 4.93. The van der Waals surface area contributed by atoms with E-state index in [4.69, 9.17) is 0 Å². The molecule has 0 N–H and O–H groups in total. The number of thiazole rings is 1. The zero-order valence-electron chi connectivity index (χ0n) is 14.7. The summed E-state index contributed by atoms with van der Waals surface area (Å²) in [5, 5.41) is 0.953. The molecule has 1 saturated heterocycles. The number of nitrogens with zero attached hydrogens (tertiary/aromatic N) is 2. The molecule has 0 amide bonds. The van der Waals surface area contributed by atoms with Gasteiger partial charge in [-0.15, -0.1) is 11.3 Å². The lowest BCUT2D eigenvalue weighted by Crippen LogP contribution is -2.38. The lowest BCUT2D eigenvalue weighted by molar-refractivity contribution is -0.139. The molecule has 28 heavy (non-hydrogen) atoms. The summed E-state index contributed by atoms with van der Waals surface area (Å²) in [6.45, 7) is 0.351. The van der Waals surface area contributed by atoms with Gasteiger partial charge in [0.15, 0.2) is 0 Å². The Hall–Kier alpha value is -1.97. The Balaban J connectivity index is 1.55. The Morgan fingerprint density at radius 2 is 1.64 bits per heavy atom. The molecule has 3 aromatic rings. The summed E-state index contributed by atoms with van der Waals surface area (Å²) in [6.07, 6.45) is -3.65. The van der Waals surface area contributed by atoms with Crippen molar-refractivity contribution in [3.63, 3.8) is 0 Å². The van der Waals surface area contributed by atoms with Gasteiger partial charge in [-0.2, -0.15) is 17.5 Å². The fourth-order valence-electron chi connectivity index (χ4n) is 3.47. The van der Waals surface area contributed by atoms with Crippen molar-refractivity contribution in [3.8, 4) is 0 Å². The number of benzene rings is 2. The molecule has 1 aliphatic rings. The minimum Gasteiger partial charge on any atom is -0.241 e. The minimum absolute atomic E-state index is 0.113. The largest absolute Gasteiger partial charge is 0.417 e. The highest BCUT2D eigenvalue weighted by Gasteiger charge is 2.39. The van der Waals surface area contributed by atoms with Crippen LogP contribution in [0.15, 0.2) is 53.4 Å². The summed E-state index contributed by atoms with van der Waals surface area (Å²) in [6, 6.07) is 12.1. The third-order valence-electron chi connectivity index (χ3n) is 4.92. The Labute approximate surface area is 164 Å². The van der Waals surface area contributed by atoms with E-state index in [0.29, 0.717) is 12.8 Å². The zero-order valence-corrected chi connectivity index (χ0v) is 16.3. The van der Waals surface area contributed by atoms with Crippen LogP contribution < -0.4 is 0 Å². The summed E-state index contributed by atoms with van der Waals surface area (Å²) >= 11 is 1.59. The number of piperidine rings is 1. The number of aromatic nitrogens is 1. The van der Waals surface area contributed by atoms with E-state index in [2.05, 4.69) is 4.98 Å². The molecular formula is C19H17F3N2O2S2. The molecule has 2 aromatic carbocycles. The molecular weight excluding hydrogens is 409 g/mol. The summed E-state index contributed by atoms with van der Waals surface area (Å²) in [5.41, 5.74) is -0.208.